The number of hydrogen-bond acceptors (Lipinski definition) is 4. The standard InChI is InChI=1S/C82H72BN3O2/c1-79(2,3)51-39-41-62-66(43-51)85(75-58(49-27-15-13-16-28-49)47-60(81(7,8)9)72-56-33-21-25-37-70(56)87-77(72)75)68-44-52(80(4,5)6)45-69-74(68)83(62)63-42-40-53(84-64-35-23-19-31-54(64)55-32-20-24-36-65(55)84)46-67(63)86(69)76-59(50-29-17-14-18-30-50)48-61(82(10,11)12)73-57-34-22-26-38-71(57)88-78(73)76/h13-48H,1-12H3/i13D,14D,15D,16D,17D,18D,19D,20D,21D,22D,23D,24D,25D,26D,27D,28D,29D,30D,31D,32D,33D,34D,35D,36D,37D,38D,39D,40D,41D,42D,43D,46D,47D,48D. The van der Waals surface area contributed by atoms with Crippen molar-refractivity contribution in [3.63, 3.8) is 0 Å². The van der Waals surface area contributed by atoms with Crippen LogP contribution in [0.1, 0.15) is 152 Å². The van der Waals surface area contributed by atoms with Gasteiger partial charge >= 0.3 is 0 Å². The molecule has 5 nitrogen and oxygen atoms in total. The normalized spacial score (nSPS) is 19.0. The van der Waals surface area contributed by atoms with Crippen LogP contribution in [0.25, 0.3) is 93.6 Å². The highest BCUT2D eigenvalue weighted by atomic mass is 16.3. The van der Waals surface area contributed by atoms with Crippen molar-refractivity contribution in [1.82, 2.24) is 4.57 Å². The first-order valence-electron chi connectivity index (χ1n) is 45.6. The van der Waals surface area contributed by atoms with Crippen LogP contribution >= 0.6 is 0 Å². The summed E-state index contributed by atoms with van der Waals surface area (Å²) in [5.74, 6) is 0. The number of fused-ring (bicyclic) bond motifs is 13. The van der Waals surface area contributed by atoms with Gasteiger partial charge in [0.2, 0.25) is 0 Å². The van der Waals surface area contributed by atoms with E-state index in [2.05, 4.69) is 0 Å². The van der Waals surface area contributed by atoms with Gasteiger partial charge in [0.25, 0.3) is 6.71 Å². The molecule has 0 saturated heterocycles. The quantitative estimate of drug-likeness (QED) is 0.161. The minimum Gasteiger partial charge on any atom is -0.454 e. The van der Waals surface area contributed by atoms with Crippen molar-refractivity contribution >= 4 is 123 Å². The topological polar surface area (TPSA) is 37.7 Å². The van der Waals surface area contributed by atoms with Crippen LogP contribution in [0.4, 0.5) is 34.1 Å². The molecule has 0 radical (unpaired) electrons. The fraction of sp³-hybridized carbons (Fsp3) is 0.195. The maximum absolute atomic E-state index is 11.6. The van der Waals surface area contributed by atoms with Gasteiger partial charge in [-0.2, -0.15) is 0 Å². The fourth-order valence-electron chi connectivity index (χ4n) is 12.4. The lowest BCUT2D eigenvalue weighted by molar-refractivity contribution is 0.590. The summed E-state index contributed by atoms with van der Waals surface area (Å²) in [7, 11) is 0. The van der Waals surface area contributed by atoms with Crippen LogP contribution in [0.3, 0.4) is 0 Å². The van der Waals surface area contributed by atoms with Crippen molar-refractivity contribution in [2.75, 3.05) is 9.80 Å². The molecule has 16 rings (SSSR count). The average Bonchev–Trinajstić information content (AvgIpc) is 0.996. The van der Waals surface area contributed by atoms with Crippen molar-refractivity contribution in [3.05, 3.63) is 240 Å². The van der Waals surface area contributed by atoms with E-state index in [-0.39, 0.29) is 60.6 Å². The van der Waals surface area contributed by atoms with Gasteiger partial charge in [-0.25, -0.2) is 0 Å². The van der Waals surface area contributed by atoms with E-state index in [0.29, 0.717) is 0 Å². The summed E-state index contributed by atoms with van der Waals surface area (Å²) in [6.45, 7) is 17.8. The largest absolute Gasteiger partial charge is 0.454 e. The zero-order valence-electron chi connectivity index (χ0n) is 83.9. The Labute approximate surface area is 564 Å². The number of rotatable bonds is 5. The second kappa shape index (κ2) is 19.0. The van der Waals surface area contributed by atoms with Gasteiger partial charge in [-0.05, 0) is 138 Å². The molecule has 0 spiro atoms. The molecular formula is C82H72BN3O2. The molecule has 0 bridgehead atoms. The highest BCUT2D eigenvalue weighted by Gasteiger charge is 2.47. The third-order valence-electron chi connectivity index (χ3n) is 16.5. The molecule has 0 fully saturated rings. The van der Waals surface area contributed by atoms with Crippen molar-refractivity contribution < 1.29 is 55.4 Å². The smallest absolute Gasteiger partial charge is 0.252 e. The monoisotopic (exact) mass is 1180 g/mol. The molecule has 2 aliphatic heterocycles. The third kappa shape index (κ3) is 8.06. The van der Waals surface area contributed by atoms with Crippen LogP contribution in [0.5, 0.6) is 0 Å². The van der Waals surface area contributed by atoms with E-state index in [0.717, 1.165) is 9.47 Å². The van der Waals surface area contributed by atoms with E-state index >= 15 is 0 Å². The number of furan rings is 2. The lowest BCUT2D eigenvalue weighted by atomic mass is 9.33. The van der Waals surface area contributed by atoms with Gasteiger partial charge in [0, 0.05) is 71.9 Å². The number of benzene rings is 11. The van der Waals surface area contributed by atoms with E-state index < -0.39 is 340 Å². The van der Waals surface area contributed by atoms with Crippen molar-refractivity contribution in [1.29, 1.82) is 0 Å². The summed E-state index contributed by atoms with van der Waals surface area (Å²) in [6.07, 6.45) is 0. The number of hydrogen-bond donors (Lipinski definition) is 0. The first kappa shape index (κ1) is 29.0. The Kier molecular flexibility index (Phi) is 6.26. The second-order valence-corrected chi connectivity index (χ2v) is 26.3. The molecular weight excluding hydrogens is 1070 g/mol. The Balaban J connectivity index is 1.28. The maximum Gasteiger partial charge on any atom is 0.252 e. The van der Waals surface area contributed by atoms with E-state index in [1.807, 2.05) is 0 Å². The molecule has 0 saturated carbocycles. The lowest BCUT2D eigenvalue weighted by Gasteiger charge is -2.46. The molecule has 0 atom stereocenters. The number of nitrogens with zero attached hydrogens (tertiary/aromatic N) is 3. The van der Waals surface area contributed by atoms with Crippen LogP contribution < -0.4 is 26.2 Å². The number of aromatic nitrogens is 1. The van der Waals surface area contributed by atoms with Gasteiger partial charge in [-0.1, -0.05) is 234 Å². The van der Waals surface area contributed by atoms with Crippen LogP contribution in [-0.4, -0.2) is 11.3 Å². The average molecular weight is 1180 g/mol. The van der Waals surface area contributed by atoms with Crippen LogP contribution in [0.15, 0.2) is 226 Å². The highest BCUT2D eigenvalue weighted by Crippen LogP contribution is 2.57. The summed E-state index contributed by atoms with van der Waals surface area (Å²) in [5.41, 5.74) is -17.4. The minimum absolute atomic E-state index is 0.0802. The summed E-state index contributed by atoms with van der Waals surface area (Å²) < 4.78 is 350. The predicted molar refractivity (Wildman–Crippen MR) is 375 cm³/mol. The maximum atomic E-state index is 11.6. The molecule has 3 aromatic heterocycles. The Morgan fingerprint density at radius 3 is 1.24 bits per heavy atom. The van der Waals surface area contributed by atoms with Crippen molar-refractivity contribution in [2.45, 2.75) is 105 Å². The van der Waals surface area contributed by atoms with E-state index in [4.69, 9.17) is 17.1 Å². The first-order chi connectivity index (χ1) is 56.4. The molecule has 2 aliphatic rings. The molecule has 0 aliphatic carbocycles. The van der Waals surface area contributed by atoms with Gasteiger partial charge in [0.15, 0.2) is 11.2 Å². The van der Waals surface area contributed by atoms with Gasteiger partial charge < -0.3 is 23.2 Å². The Morgan fingerprint density at radius 2 is 0.784 bits per heavy atom. The van der Waals surface area contributed by atoms with Crippen LogP contribution in [-0.2, 0) is 21.7 Å². The van der Waals surface area contributed by atoms with Gasteiger partial charge in [0.05, 0.1) is 69.0 Å². The third-order valence-corrected chi connectivity index (χ3v) is 16.5. The summed E-state index contributed by atoms with van der Waals surface area (Å²) >= 11 is 0. The van der Waals surface area contributed by atoms with E-state index in [9.17, 15) is 38.4 Å². The molecule has 0 unspecified atom stereocenters. The Bertz CT molecular complexity index is 7180. The zero-order chi connectivity index (χ0) is 90.1. The lowest BCUT2D eigenvalue weighted by Crippen LogP contribution is -2.61. The molecule has 14 aromatic rings. The van der Waals surface area contributed by atoms with Crippen molar-refractivity contribution in [3.8, 4) is 27.9 Å². The minimum atomic E-state index is -2.03. The van der Waals surface area contributed by atoms with Crippen molar-refractivity contribution in [2.24, 2.45) is 0 Å². The summed E-state index contributed by atoms with van der Waals surface area (Å²) in [5, 5.41) is -2.31. The second-order valence-electron chi connectivity index (χ2n) is 26.3. The number of anilines is 6. The summed E-state index contributed by atoms with van der Waals surface area (Å²) in [4.78, 5) is 2.41. The van der Waals surface area contributed by atoms with E-state index in [1.165, 1.54) is 11.0 Å². The number of para-hydroxylation sites is 4. The molecule has 11 aromatic carbocycles. The Hall–Kier alpha value is -9.52. The molecule has 5 heterocycles. The van der Waals surface area contributed by atoms with Gasteiger partial charge in [-0.3, -0.25) is 0 Å². The zero-order valence-corrected chi connectivity index (χ0v) is 49.9. The van der Waals surface area contributed by atoms with Gasteiger partial charge in [-0.15, -0.1) is 0 Å². The first-order valence-corrected chi connectivity index (χ1v) is 28.6. The molecule has 0 N–H and O–H groups in total. The Morgan fingerprint density at radius 1 is 0.375 bits per heavy atom. The molecule has 6 heteroatoms. The van der Waals surface area contributed by atoms with E-state index in [1.54, 1.807) is 89.2 Å². The summed E-state index contributed by atoms with van der Waals surface area (Å²) in [6, 6.07) is -26.5. The predicted octanol–water partition coefficient (Wildman–Crippen LogP) is 21.2. The highest BCUT2D eigenvalue weighted by molar-refractivity contribution is 7.00. The van der Waals surface area contributed by atoms with Crippen LogP contribution in [0.2, 0.25) is 0 Å². The van der Waals surface area contributed by atoms with Gasteiger partial charge in [0.1, 0.15) is 11.2 Å². The fourth-order valence-corrected chi connectivity index (χ4v) is 12.4. The molecule has 88 heavy (non-hydrogen) atoms. The molecule has 430 valence electrons. The molecule has 0 amide bonds. The SMILES string of the molecule is [2H]c1c([2H])c([2H])c(-c2c([2H])c(C(C)(C)C)c3c(oc4c([2H])c([2H])c([2H])c([2H])c43)c2N2c3cc(C(C)(C)C)cc4c3B(c3c([2H])c([2H])c(-n5c6c([2H])c([2H])c([2H])c([2H])c6c6c([2H])c([2H])c([2H])c([2H])c65)c([2H])c32)c2c([2H])c([2H])c(C(C)(C)C)c([2H])c2N4c2c(-c3c([2H])c([2H])c([2H])c([2H])c3[2H])c([2H])c(C(C)(C)C)c3c2oc2c([2H])c([2H])c([2H])c([2H])c23)c([2H])c1[2H]. The van der Waals surface area contributed by atoms with Crippen LogP contribution in [0, 0.1) is 0 Å².